The summed E-state index contributed by atoms with van der Waals surface area (Å²) < 4.78 is 54.1. The fourth-order valence-electron chi connectivity index (χ4n) is 1.46. The van der Waals surface area contributed by atoms with E-state index in [1.807, 2.05) is 5.32 Å². The highest BCUT2D eigenvalue weighted by atomic mass is 35.7. The van der Waals surface area contributed by atoms with Gasteiger partial charge < -0.3 is 9.84 Å². The van der Waals surface area contributed by atoms with Crippen molar-refractivity contribution < 1.29 is 26.5 Å². The molecule has 10 heteroatoms. The fraction of sp³-hybridized carbons (Fsp3) is 0.0909. The first-order chi connectivity index (χ1) is 9.68. The first kappa shape index (κ1) is 15.4. The van der Waals surface area contributed by atoms with Crippen LogP contribution < -0.4 is 5.32 Å². The summed E-state index contributed by atoms with van der Waals surface area (Å²) in [5.74, 6) is -3.15. The molecule has 0 aliphatic rings. The first-order valence-corrected chi connectivity index (χ1v) is 7.68. The zero-order valence-corrected chi connectivity index (χ0v) is 11.9. The van der Waals surface area contributed by atoms with Crippen LogP contribution in [0.15, 0.2) is 27.6 Å². The molecule has 1 aromatic carbocycles. The molecule has 1 N–H and O–H groups in total. The number of aryl methyl sites for hydroxylation is 1. The maximum atomic E-state index is 13.7. The van der Waals surface area contributed by atoms with Crippen LogP contribution in [0.2, 0.25) is 0 Å². The van der Waals surface area contributed by atoms with Gasteiger partial charge in [-0.25, -0.2) is 17.2 Å². The molecule has 0 aliphatic heterocycles. The van der Waals surface area contributed by atoms with Gasteiger partial charge in [0.15, 0.2) is 17.3 Å². The van der Waals surface area contributed by atoms with Crippen molar-refractivity contribution in [2.24, 2.45) is 0 Å². The molecule has 0 unspecified atom stereocenters. The quantitative estimate of drug-likeness (QED) is 0.869. The van der Waals surface area contributed by atoms with Gasteiger partial charge in [0.25, 0.3) is 15.0 Å². The van der Waals surface area contributed by atoms with E-state index in [1.54, 1.807) is 0 Å². The SMILES string of the molecule is Cc1cc(C(=O)Nc2c(F)cc(S(=O)(=O)Cl)cc2F)no1. The first-order valence-electron chi connectivity index (χ1n) is 5.37. The number of hydrogen-bond acceptors (Lipinski definition) is 5. The average molecular weight is 337 g/mol. The third-order valence-electron chi connectivity index (χ3n) is 2.40. The zero-order valence-electron chi connectivity index (χ0n) is 10.4. The Morgan fingerprint density at radius 3 is 2.29 bits per heavy atom. The van der Waals surface area contributed by atoms with Gasteiger partial charge in [-0.1, -0.05) is 5.16 Å². The van der Waals surface area contributed by atoms with Crippen molar-refractivity contribution in [1.82, 2.24) is 5.16 Å². The molecule has 0 radical (unpaired) electrons. The fourth-order valence-corrected chi connectivity index (χ4v) is 2.22. The van der Waals surface area contributed by atoms with Crippen LogP contribution in [0.5, 0.6) is 0 Å². The lowest BCUT2D eigenvalue weighted by molar-refractivity contribution is 0.101. The molecular formula is C11H7ClF2N2O4S. The van der Waals surface area contributed by atoms with Crippen molar-refractivity contribution in [2.45, 2.75) is 11.8 Å². The number of nitrogens with zero attached hydrogens (tertiary/aromatic N) is 1. The highest BCUT2D eigenvalue weighted by Crippen LogP contribution is 2.25. The number of rotatable bonds is 3. The molecule has 1 heterocycles. The van der Waals surface area contributed by atoms with E-state index in [2.05, 4.69) is 9.68 Å². The largest absolute Gasteiger partial charge is 0.361 e. The van der Waals surface area contributed by atoms with Gasteiger partial charge in [-0.05, 0) is 19.1 Å². The molecule has 0 spiro atoms. The maximum absolute atomic E-state index is 13.7. The third-order valence-corrected chi connectivity index (χ3v) is 3.73. The predicted molar refractivity (Wildman–Crippen MR) is 68.6 cm³/mol. The maximum Gasteiger partial charge on any atom is 0.278 e. The van der Waals surface area contributed by atoms with Gasteiger partial charge in [0.05, 0.1) is 4.90 Å². The molecule has 112 valence electrons. The molecular weight excluding hydrogens is 330 g/mol. The molecule has 1 amide bonds. The molecule has 6 nitrogen and oxygen atoms in total. The number of benzene rings is 1. The topological polar surface area (TPSA) is 89.3 Å². The van der Waals surface area contributed by atoms with Crippen molar-refractivity contribution in [2.75, 3.05) is 5.32 Å². The van der Waals surface area contributed by atoms with E-state index in [-0.39, 0.29) is 5.69 Å². The molecule has 0 fully saturated rings. The van der Waals surface area contributed by atoms with E-state index in [0.717, 1.165) is 0 Å². The Labute approximate surface area is 122 Å². The lowest BCUT2D eigenvalue weighted by Gasteiger charge is -2.07. The molecule has 2 rings (SSSR count). The Hall–Kier alpha value is -2.00. The van der Waals surface area contributed by atoms with Crippen LogP contribution in [-0.4, -0.2) is 19.5 Å². The second kappa shape index (κ2) is 5.41. The van der Waals surface area contributed by atoms with Gasteiger partial charge in [0.2, 0.25) is 0 Å². The number of amides is 1. The van der Waals surface area contributed by atoms with E-state index in [9.17, 15) is 22.0 Å². The zero-order chi connectivity index (χ0) is 15.8. The van der Waals surface area contributed by atoms with Crippen molar-refractivity contribution in [3.63, 3.8) is 0 Å². The number of hydrogen-bond donors (Lipinski definition) is 1. The summed E-state index contributed by atoms with van der Waals surface area (Å²) in [7, 11) is 0.699. The summed E-state index contributed by atoms with van der Waals surface area (Å²) >= 11 is 0. The van der Waals surface area contributed by atoms with Crippen LogP contribution in [0.4, 0.5) is 14.5 Å². The molecule has 0 aliphatic carbocycles. The lowest BCUT2D eigenvalue weighted by atomic mass is 10.2. The van der Waals surface area contributed by atoms with Gasteiger partial charge in [-0.3, -0.25) is 4.79 Å². The lowest BCUT2D eigenvalue weighted by Crippen LogP contribution is -2.15. The minimum absolute atomic E-state index is 0.180. The Balaban J connectivity index is 2.35. The van der Waals surface area contributed by atoms with Gasteiger partial charge in [0.1, 0.15) is 11.4 Å². The van der Waals surface area contributed by atoms with Crippen molar-refractivity contribution in [3.05, 3.63) is 41.3 Å². The number of carbonyl (C=O) groups excluding carboxylic acids is 1. The molecule has 1 aromatic heterocycles. The summed E-state index contributed by atoms with van der Waals surface area (Å²) in [6.07, 6.45) is 0. The van der Waals surface area contributed by atoms with Crippen LogP contribution in [0, 0.1) is 18.6 Å². The van der Waals surface area contributed by atoms with E-state index < -0.39 is 37.2 Å². The predicted octanol–water partition coefficient (Wildman–Crippen LogP) is 2.44. The van der Waals surface area contributed by atoms with Crippen LogP contribution in [0.25, 0.3) is 0 Å². The highest BCUT2D eigenvalue weighted by Gasteiger charge is 2.21. The molecule has 21 heavy (non-hydrogen) atoms. The van der Waals surface area contributed by atoms with E-state index >= 15 is 0 Å². The summed E-state index contributed by atoms with van der Waals surface area (Å²) in [5.41, 5.74) is -0.995. The molecule has 2 aromatic rings. The van der Waals surface area contributed by atoms with Crippen molar-refractivity contribution in [1.29, 1.82) is 0 Å². The highest BCUT2D eigenvalue weighted by molar-refractivity contribution is 8.13. The van der Waals surface area contributed by atoms with Crippen LogP contribution in [-0.2, 0) is 9.05 Å². The molecule has 0 saturated heterocycles. The molecule has 0 atom stereocenters. The summed E-state index contributed by atoms with van der Waals surface area (Å²) in [6, 6.07) is 2.26. The van der Waals surface area contributed by atoms with Crippen molar-refractivity contribution in [3.8, 4) is 0 Å². The number of aromatic nitrogens is 1. The summed E-state index contributed by atoms with van der Waals surface area (Å²) in [6.45, 7) is 1.53. The Morgan fingerprint density at radius 2 is 1.86 bits per heavy atom. The Morgan fingerprint density at radius 1 is 1.29 bits per heavy atom. The molecule has 0 bridgehead atoms. The second-order valence-corrected chi connectivity index (χ2v) is 6.54. The van der Waals surface area contributed by atoms with Gasteiger partial charge >= 0.3 is 0 Å². The summed E-state index contributed by atoms with van der Waals surface area (Å²) in [4.78, 5) is 10.9. The standard InChI is InChI=1S/C11H7ClF2N2O4S/c1-5-2-9(16-20-5)11(17)15-10-7(13)3-6(4-8(10)14)21(12,18)19/h2-4H,1H3,(H,15,17). The Kier molecular flexibility index (Phi) is 3.97. The van der Waals surface area contributed by atoms with Gasteiger partial charge in [-0.2, -0.15) is 0 Å². The Bertz CT molecular complexity index is 796. The minimum Gasteiger partial charge on any atom is -0.361 e. The summed E-state index contributed by atoms with van der Waals surface area (Å²) in [5, 5.41) is 5.32. The number of anilines is 1. The second-order valence-electron chi connectivity index (χ2n) is 3.98. The van der Waals surface area contributed by atoms with Crippen LogP contribution in [0.1, 0.15) is 16.2 Å². The minimum atomic E-state index is -4.29. The number of halogens is 3. The van der Waals surface area contributed by atoms with Crippen LogP contribution in [0.3, 0.4) is 0 Å². The van der Waals surface area contributed by atoms with E-state index in [1.165, 1.54) is 13.0 Å². The molecule has 0 saturated carbocycles. The third kappa shape index (κ3) is 3.37. The number of carbonyl (C=O) groups is 1. The van der Waals surface area contributed by atoms with Crippen molar-refractivity contribution >= 4 is 31.3 Å². The number of nitrogens with one attached hydrogen (secondary N) is 1. The smallest absolute Gasteiger partial charge is 0.278 e. The normalized spacial score (nSPS) is 11.4. The van der Waals surface area contributed by atoms with Gasteiger partial charge in [0, 0.05) is 16.7 Å². The van der Waals surface area contributed by atoms with E-state index in [0.29, 0.717) is 17.9 Å². The van der Waals surface area contributed by atoms with E-state index in [4.69, 9.17) is 10.7 Å². The van der Waals surface area contributed by atoms with Crippen LogP contribution >= 0.6 is 10.7 Å². The average Bonchev–Trinajstić information content (AvgIpc) is 2.79. The van der Waals surface area contributed by atoms with Gasteiger partial charge in [-0.15, -0.1) is 0 Å². The monoisotopic (exact) mass is 336 g/mol.